The molecule has 1 N–H and O–H groups in total. The van der Waals surface area contributed by atoms with E-state index in [9.17, 15) is 0 Å². The Balaban J connectivity index is 0.00000300. The van der Waals surface area contributed by atoms with Crippen molar-refractivity contribution in [2.45, 2.75) is 19.9 Å². The number of para-hydroxylation sites is 1. The first kappa shape index (κ1) is 22.6. The first-order valence-electron chi connectivity index (χ1n) is 9.29. The van der Waals surface area contributed by atoms with Gasteiger partial charge in [0, 0.05) is 19.8 Å². The Bertz CT molecular complexity index is 860. The average Bonchev–Trinajstić information content (AvgIpc) is 3.20. The Kier molecular flexibility index (Phi) is 9.36. The highest BCUT2D eigenvalue weighted by molar-refractivity contribution is 5.85. The zero-order valence-corrected chi connectivity index (χ0v) is 17.4. The molecule has 8 nitrogen and oxygen atoms in total. The highest BCUT2D eigenvalue weighted by Gasteiger charge is 2.14. The molecule has 0 aliphatic rings. The van der Waals surface area contributed by atoms with Crippen molar-refractivity contribution in [3.63, 3.8) is 0 Å². The Morgan fingerprint density at radius 2 is 1.90 bits per heavy atom. The summed E-state index contributed by atoms with van der Waals surface area (Å²) in [5.74, 6) is 1.17. The van der Waals surface area contributed by atoms with Gasteiger partial charge in [-0.15, -0.1) is 12.4 Å². The van der Waals surface area contributed by atoms with Gasteiger partial charge in [0.25, 0.3) is 0 Å². The molecule has 3 aromatic rings. The van der Waals surface area contributed by atoms with Crippen LogP contribution in [0.2, 0.25) is 0 Å². The number of benzene rings is 2. The zero-order chi connectivity index (χ0) is 19.6. The first-order chi connectivity index (χ1) is 13.8. The van der Waals surface area contributed by atoms with Crippen LogP contribution in [0.25, 0.3) is 5.69 Å². The van der Waals surface area contributed by atoms with Crippen LogP contribution < -0.4 is 14.8 Å². The van der Waals surface area contributed by atoms with E-state index in [1.807, 2.05) is 55.5 Å². The van der Waals surface area contributed by atoms with Gasteiger partial charge < -0.3 is 19.5 Å². The van der Waals surface area contributed by atoms with Gasteiger partial charge in [0.15, 0.2) is 11.5 Å². The third-order valence-electron chi connectivity index (χ3n) is 4.05. The van der Waals surface area contributed by atoms with Gasteiger partial charge in [0.2, 0.25) is 0 Å². The quantitative estimate of drug-likeness (QED) is 0.477. The number of rotatable bonds is 11. The van der Waals surface area contributed by atoms with Crippen molar-refractivity contribution in [3.8, 4) is 23.2 Å². The fraction of sp³-hybridized carbons (Fsp3) is 0.350. The summed E-state index contributed by atoms with van der Waals surface area (Å²) in [7, 11) is 1.61. The second-order valence-corrected chi connectivity index (χ2v) is 6.02. The molecule has 0 aliphatic heterocycles. The molecule has 0 amide bonds. The molecule has 0 radical (unpaired) electrons. The number of nitrogens with zero attached hydrogens (tertiary/aromatic N) is 4. The average molecular weight is 420 g/mol. The van der Waals surface area contributed by atoms with Crippen LogP contribution in [0.15, 0.2) is 48.5 Å². The van der Waals surface area contributed by atoms with Crippen LogP contribution >= 0.6 is 12.4 Å². The molecule has 2 aromatic carbocycles. The van der Waals surface area contributed by atoms with E-state index < -0.39 is 0 Å². The van der Waals surface area contributed by atoms with E-state index in [1.165, 1.54) is 4.68 Å². The second-order valence-electron chi connectivity index (χ2n) is 6.02. The fourth-order valence-electron chi connectivity index (χ4n) is 2.65. The Morgan fingerprint density at radius 3 is 2.66 bits per heavy atom. The maximum Gasteiger partial charge on any atom is 0.346 e. The summed E-state index contributed by atoms with van der Waals surface area (Å²) in [6.45, 7) is 5.17. The number of nitrogens with one attached hydrogen (secondary N) is 1. The normalized spacial score (nSPS) is 10.4. The molecular formula is C20H26ClN5O3. The van der Waals surface area contributed by atoms with Crippen molar-refractivity contribution in [1.82, 2.24) is 25.5 Å². The van der Waals surface area contributed by atoms with Crippen LogP contribution in [0.4, 0.5) is 0 Å². The fourth-order valence-corrected chi connectivity index (χ4v) is 2.65. The van der Waals surface area contributed by atoms with Crippen molar-refractivity contribution >= 4 is 12.4 Å². The van der Waals surface area contributed by atoms with Crippen LogP contribution in [0.3, 0.4) is 0 Å². The van der Waals surface area contributed by atoms with Gasteiger partial charge in [-0.25, -0.2) is 0 Å². The Hall–Kier alpha value is -2.68. The number of hydrogen-bond donors (Lipinski definition) is 1. The summed E-state index contributed by atoms with van der Waals surface area (Å²) in [4.78, 5) is 0. The standard InChI is InChI=1S/C20H25N5O3.ClH/c1-3-27-13-7-12-21-15-16-10-11-18(19(14-16)26-2)28-20-22-23-24-25(20)17-8-5-4-6-9-17;/h4-6,8-11,14,21H,3,7,12-13,15H2,1-2H3;1H. The first-order valence-corrected chi connectivity index (χ1v) is 9.29. The zero-order valence-electron chi connectivity index (χ0n) is 16.6. The largest absolute Gasteiger partial charge is 0.493 e. The minimum Gasteiger partial charge on any atom is -0.493 e. The number of hydrogen-bond acceptors (Lipinski definition) is 7. The summed E-state index contributed by atoms with van der Waals surface area (Å²) in [6, 6.07) is 15.6. The van der Waals surface area contributed by atoms with E-state index in [0.29, 0.717) is 11.5 Å². The highest BCUT2D eigenvalue weighted by Crippen LogP contribution is 2.32. The minimum atomic E-state index is 0. The smallest absolute Gasteiger partial charge is 0.346 e. The lowest BCUT2D eigenvalue weighted by Gasteiger charge is -2.12. The predicted octanol–water partition coefficient (Wildman–Crippen LogP) is 3.40. The van der Waals surface area contributed by atoms with Gasteiger partial charge in [-0.05, 0) is 60.1 Å². The molecule has 1 aromatic heterocycles. The maximum atomic E-state index is 5.92. The molecule has 1 heterocycles. The molecule has 0 bridgehead atoms. The van der Waals surface area contributed by atoms with Gasteiger partial charge in [0.05, 0.1) is 12.8 Å². The van der Waals surface area contributed by atoms with E-state index in [-0.39, 0.29) is 18.4 Å². The van der Waals surface area contributed by atoms with Crippen LogP contribution in [-0.2, 0) is 11.3 Å². The number of tetrazole rings is 1. The summed E-state index contributed by atoms with van der Waals surface area (Å²) >= 11 is 0. The van der Waals surface area contributed by atoms with Crippen molar-refractivity contribution in [3.05, 3.63) is 54.1 Å². The van der Waals surface area contributed by atoms with Gasteiger partial charge in [-0.1, -0.05) is 29.4 Å². The van der Waals surface area contributed by atoms with Crippen molar-refractivity contribution in [2.24, 2.45) is 0 Å². The van der Waals surface area contributed by atoms with Crippen LogP contribution in [0, 0.1) is 0 Å². The van der Waals surface area contributed by atoms with Crippen LogP contribution in [0.5, 0.6) is 17.5 Å². The van der Waals surface area contributed by atoms with Crippen molar-refractivity contribution < 1.29 is 14.2 Å². The molecule has 156 valence electrons. The molecule has 0 aliphatic carbocycles. The highest BCUT2D eigenvalue weighted by atomic mass is 35.5. The minimum absolute atomic E-state index is 0. The molecular weight excluding hydrogens is 394 g/mol. The van der Waals surface area contributed by atoms with E-state index in [2.05, 4.69) is 20.8 Å². The molecule has 0 fully saturated rings. The molecule has 0 saturated heterocycles. The lowest BCUT2D eigenvalue weighted by atomic mass is 10.2. The topological polar surface area (TPSA) is 83.3 Å². The summed E-state index contributed by atoms with van der Waals surface area (Å²) < 4.78 is 18.3. The summed E-state index contributed by atoms with van der Waals surface area (Å²) in [5.41, 5.74) is 1.91. The van der Waals surface area contributed by atoms with Crippen molar-refractivity contribution in [1.29, 1.82) is 0 Å². The number of halogens is 1. The van der Waals surface area contributed by atoms with Crippen LogP contribution in [0.1, 0.15) is 18.9 Å². The molecule has 29 heavy (non-hydrogen) atoms. The van der Waals surface area contributed by atoms with E-state index in [1.54, 1.807) is 7.11 Å². The lowest BCUT2D eigenvalue weighted by molar-refractivity contribution is 0.144. The van der Waals surface area contributed by atoms with E-state index in [0.717, 1.165) is 44.0 Å². The number of methoxy groups -OCH3 is 1. The summed E-state index contributed by atoms with van der Waals surface area (Å²) in [6.07, 6.45) is 0.980. The van der Waals surface area contributed by atoms with E-state index >= 15 is 0 Å². The second kappa shape index (κ2) is 12.0. The summed E-state index contributed by atoms with van der Waals surface area (Å²) in [5, 5.41) is 15.1. The van der Waals surface area contributed by atoms with E-state index in [4.69, 9.17) is 14.2 Å². The third kappa shape index (κ3) is 6.42. The molecule has 3 rings (SSSR count). The monoisotopic (exact) mass is 419 g/mol. The predicted molar refractivity (Wildman–Crippen MR) is 112 cm³/mol. The number of ether oxygens (including phenoxy) is 3. The van der Waals surface area contributed by atoms with Crippen LogP contribution in [-0.4, -0.2) is 47.1 Å². The third-order valence-corrected chi connectivity index (χ3v) is 4.05. The van der Waals surface area contributed by atoms with Gasteiger partial charge in [-0.3, -0.25) is 0 Å². The Morgan fingerprint density at radius 1 is 1.07 bits per heavy atom. The van der Waals surface area contributed by atoms with Gasteiger partial charge in [0.1, 0.15) is 0 Å². The van der Waals surface area contributed by atoms with Gasteiger partial charge >= 0.3 is 6.01 Å². The SMILES string of the molecule is CCOCCCNCc1ccc(Oc2nnnn2-c2ccccc2)c(OC)c1.Cl. The molecule has 0 atom stereocenters. The molecule has 9 heteroatoms. The lowest BCUT2D eigenvalue weighted by Crippen LogP contribution is -2.16. The molecule has 0 spiro atoms. The molecule has 0 saturated carbocycles. The van der Waals surface area contributed by atoms with Crippen molar-refractivity contribution in [2.75, 3.05) is 26.9 Å². The maximum absolute atomic E-state index is 5.92. The molecule has 0 unspecified atom stereocenters. The number of aromatic nitrogens is 4. The van der Waals surface area contributed by atoms with Gasteiger partial charge in [-0.2, -0.15) is 4.68 Å². The Labute approximate surface area is 176 Å².